The molecule has 138 valence electrons. The molecule has 4 rings (SSSR count). The van der Waals surface area contributed by atoms with Gasteiger partial charge in [0.1, 0.15) is 0 Å². The van der Waals surface area contributed by atoms with Crippen LogP contribution in [0, 0.1) is 0 Å². The third kappa shape index (κ3) is 4.01. The highest BCUT2D eigenvalue weighted by Gasteiger charge is 2.27. The first-order valence-corrected chi connectivity index (χ1v) is 9.69. The van der Waals surface area contributed by atoms with Crippen LogP contribution in [0.25, 0.3) is 10.9 Å². The zero-order chi connectivity index (χ0) is 18.6. The fraction of sp³-hybridized carbons (Fsp3) is 0.304. The van der Waals surface area contributed by atoms with Crippen molar-refractivity contribution in [3.63, 3.8) is 0 Å². The van der Waals surface area contributed by atoms with E-state index in [1.807, 2.05) is 53.4 Å². The molecule has 4 nitrogen and oxygen atoms in total. The number of nitrogens with zero attached hydrogens (tertiary/aromatic N) is 2. The van der Waals surface area contributed by atoms with Crippen molar-refractivity contribution in [1.29, 1.82) is 0 Å². The topological polar surface area (TPSA) is 59.2 Å². The molecule has 0 saturated heterocycles. The minimum Gasteiger partial charge on any atom is -0.337 e. The second-order valence-electron chi connectivity index (χ2n) is 7.20. The molecule has 1 fully saturated rings. The second-order valence-corrected chi connectivity index (χ2v) is 7.20. The SMILES string of the molecule is NCCN(CCc1ccccc1)C(=O)c1cc(C2CC2)nc2ccccc12. The maximum Gasteiger partial charge on any atom is 0.254 e. The third-order valence-corrected chi connectivity index (χ3v) is 5.16. The number of carbonyl (C=O) groups excluding carboxylic acids is 1. The summed E-state index contributed by atoms with van der Waals surface area (Å²) in [4.78, 5) is 20.1. The maximum absolute atomic E-state index is 13.4. The van der Waals surface area contributed by atoms with Crippen LogP contribution >= 0.6 is 0 Å². The van der Waals surface area contributed by atoms with Gasteiger partial charge in [-0.1, -0.05) is 48.5 Å². The molecule has 1 aliphatic carbocycles. The highest BCUT2D eigenvalue weighted by atomic mass is 16.2. The Morgan fingerprint density at radius 2 is 1.78 bits per heavy atom. The van der Waals surface area contributed by atoms with Gasteiger partial charge in [-0.15, -0.1) is 0 Å². The predicted octanol–water partition coefficient (Wildman–Crippen LogP) is 3.76. The summed E-state index contributed by atoms with van der Waals surface area (Å²) in [6, 6.07) is 20.2. The van der Waals surface area contributed by atoms with E-state index in [4.69, 9.17) is 10.7 Å². The molecule has 1 aliphatic rings. The number of hydrogen-bond acceptors (Lipinski definition) is 3. The molecule has 2 N–H and O–H groups in total. The number of benzene rings is 2. The van der Waals surface area contributed by atoms with Gasteiger partial charge in [0, 0.05) is 36.6 Å². The summed E-state index contributed by atoms with van der Waals surface area (Å²) in [5.74, 6) is 0.560. The number of carbonyl (C=O) groups is 1. The van der Waals surface area contributed by atoms with Crippen molar-refractivity contribution in [2.45, 2.75) is 25.2 Å². The molecular weight excluding hydrogens is 334 g/mol. The molecule has 0 bridgehead atoms. The molecule has 1 aromatic heterocycles. The Balaban J connectivity index is 1.64. The molecule has 0 aliphatic heterocycles. The van der Waals surface area contributed by atoms with Crippen LogP contribution in [0.15, 0.2) is 60.7 Å². The average molecular weight is 359 g/mol. The molecule has 0 unspecified atom stereocenters. The van der Waals surface area contributed by atoms with E-state index in [-0.39, 0.29) is 5.91 Å². The van der Waals surface area contributed by atoms with Crippen LogP contribution in [0.3, 0.4) is 0 Å². The van der Waals surface area contributed by atoms with Gasteiger partial charge in [0.25, 0.3) is 5.91 Å². The summed E-state index contributed by atoms with van der Waals surface area (Å²) in [5.41, 5.74) is 9.74. The predicted molar refractivity (Wildman–Crippen MR) is 109 cm³/mol. The zero-order valence-electron chi connectivity index (χ0n) is 15.5. The second kappa shape index (κ2) is 7.89. The molecule has 1 amide bonds. The molecule has 0 spiro atoms. The quantitative estimate of drug-likeness (QED) is 0.699. The van der Waals surface area contributed by atoms with Gasteiger partial charge in [0.2, 0.25) is 0 Å². The number of amides is 1. The fourth-order valence-electron chi connectivity index (χ4n) is 3.51. The smallest absolute Gasteiger partial charge is 0.254 e. The van der Waals surface area contributed by atoms with E-state index in [2.05, 4.69) is 12.1 Å². The Bertz CT molecular complexity index is 935. The first-order chi connectivity index (χ1) is 13.3. The van der Waals surface area contributed by atoms with Gasteiger partial charge in [-0.2, -0.15) is 0 Å². The van der Waals surface area contributed by atoms with Crippen LogP contribution < -0.4 is 5.73 Å². The number of nitrogens with two attached hydrogens (primary N) is 1. The monoisotopic (exact) mass is 359 g/mol. The van der Waals surface area contributed by atoms with Gasteiger partial charge in [0.05, 0.1) is 11.1 Å². The highest BCUT2D eigenvalue weighted by molar-refractivity contribution is 6.06. The van der Waals surface area contributed by atoms with E-state index >= 15 is 0 Å². The number of hydrogen-bond donors (Lipinski definition) is 1. The number of para-hydroxylation sites is 1. The Morgan fingerprint density at radius 3 is 2.52 bits per heavy atom. The summed E-state index contributed by atoms with van der Waals surface area (Å²) in [7, 11) is 0. The molecule has 0 radical (unpaired) electrons. The molecule has 4 heteroatoms. The van der Waals surface area contributed by atoms with Gasteiger partial charge in [-0.25, -0.2) is 0 Å². The van der Waals surface area contributed by atoms with Crippen molar-refractivity contribution < 1.29 is 4.79 Å². The van der Waals surface area contributed by atoms with E-state index in [1.54, 1.807) is 0 Å². The van der Waals surface area contributed by atoms with Crippen LogP contribution in [0.1, 0.15) is 40.4 Å². The van der Waals surface area contributed by atoms with Crippen LogP contribution in [0.4, 0.5) is 0 Å². The lowest BCUT2D eigenvalue weighted by atomic mass is 10.0. The Kier molecular flexibility index (Phi) is 5.16. The summed E-state index contributed by atoms with van der Waals surface area (Å²) < 4.78 is 0. The molecule has 1 saturated carbocycles. The maximum atomic E-state index is 13.4. The Hall–Kier alpha value is -2.72. The lowest BCUT2D eigenvalue weighted by Gasteiger charge is -2.23. The molecular formula is C23H25N3O. The van der Waals surface area contributed by atoms with Gasteiger partial charge in [-0.3, -0.25) is 9.78 Å². The number of aromatic nitrogens is 1. The summed E-state index contributed by atoms with van der Waals surface area (Å²) in [6.07, 6.45) is 3.16. The lowest BCUT2D eigenvalue weighted by molar-refractivity contribution is 0.0764. The van der Waals surface area contributed by atoms with E-state index in [9.17, 15) is 4.79 Å². The number of fused-ring (bicyclic) bond motifs is 1. The first-order valence-electron chi connectivity index (χ1n) is 9.69. The first kappa shape index (κ1) is 17.7. The summed E-state index contributed by atoms with van der Waals surface area (Å²) in [6.45, 7) is 1.68. The largest absolute Gasteiger partial charge is 0.337 e. The van der Waals surface area contributed by atoms with E-state index in [0.29, 0.717) is 25.6 Å². The third-order valence-electron chi connectivity index (χ3n) is 5.16. The van der Waals surface area contributed by atoms with Crippen molar-refractivity contribution in [1.82, 2.24) is 9.88 Å². The van der Waals surface area contributed by atoms with Crippen molar-refractivity contribution >= 4 is 16.8 Å². The minimum atomic E-state index is 0.0527. The van der Waals surface area contributed by atoms with E-state index < -0.39 is 0 Å². The number of rotatable bonds is 7. The van der Waals surface area contributed by atoms with Gasteiger partial charge in [-0.05, 0) is 37.0 Å². The van der Waals surface area contributed by atoms with Crippen LogP contribution in [0.5, 0.6) is 0 Å². The van der Waals surface area contributed by atoms with Crippen LogP contribution in [-0.2, 0) is 6.42 Å². The molecule has 2 aromatic carbocycles. The van der Waals surface area contributed by atoms with Gasteiger partial charge in [0.15, 0.2) is 0 Å². The zero-order valence-corrected chi connectivity index (χ0v) is 15.5. The Morgan fingerprint density at radius 1 is 1.04 bits per heavy atom. The molecule has 1 heterocycles. The van der Waals surface area contributed by atoms with E-state index in [1.165, 1.54) is 18.4 Å². The number of pyridine rings is 1. The Labute approximate surface area is 160 Å². The molecule has 27 heavy (non-hydrogen) atoms. The fourth-order valence-corrected chi connectivity index (χ4v) is 3.51. The normalized spacial score (nSPS) is 13.7. The van der Waals surface area contributed by atoms with Crippen LogP contribution in [0.2, 0.25) is 0 Å². The van der Waals surface area contributed by atoms with Gasteiger partial charge < -0.3 is 10.6 Å². The van der Waals surface area contributed by atoms with Crippen molar-refractivity contribution in [3.05, 3.63) is 77.5 Å². The highest BCUT2D eigenvalue weighted by Crippen LogP contribution is 2.40. The lowest BCUT2D eigenvalue weighted by Crippen LogP contribution is -2.37. The molecule has 0 atom stereocenters. The standard InChI is InChI=1S/C23H25N3O/c24-13-15-26(14-12-17-6-2-1-3-7-17)23(27)20-16-22(18-10-11-18)25-21-9-5-4-8-19(20)21/h1-9,16,18H,10-15,24H2. The van der Waals surface area contributed by atoms with E-state index in [0.717, 1.165) is 28.6 Å². The van der Waals surface area contributed by atoms with Crippen molar-refractivity contribution in [3.8, 4) is 0 Å². The summed E-state index contributed by atoms with van der Waals surface area (Å²) >= 11 is 0. The van der Waals surface area contributed by atoms with Crippen molar-refractivity contribution in [2.24, 2.45) is 5.73 Å². The van der Waals surface area contributed by atoms with Crippen molar-refractivity contribution in [2.75, 3.05) is 19.6 Å². The summed E-state index contributed by atoms with van der Waals surface area (Å²) in [5, 5.41) is 0.925. The minimum absolute atomic E-state index is 0.0527. The van der Waals surface area contributed by atoms with Gasteiger partial charge >= 0.3 is 0 Å². The molecule has 3 aromatic rings. The average Bonchev–Trinajstić information content (AvgIpc) is 3.56. The van der Waals surface area contributed by atoms with Crippen LogP contribution in [-0.4, -0.2) is 35.4 Å².